The van der Waals surface area contributed by atoms with E-state index in [1.807, 2.05) is 0 Å². The fourth-order valence-electron chi connectivity index (χ4n) is 0. The zero-order valence-electron chi connectivity index (χ0n) is 2.35. The number of halogens is 1. The van der Waals surface area contributed by atoms with Crippen LogP contribution >= 0.6 is 10.7 Å². The van der Waals surface area contributed by atoms with Gasteiger partial charge in [0.2, 0.25) is 0 Å². The minimum Gasteiger partial charge on any atom is -0.273 e. The molecule has 43 valence electrons. The molecule has 0 aromatic rings. The molecular weight excluding hydrogens is 179 g/mol. The molecule has 0 bridgehead atoms. The molecule has 1 radical (unpaired) electrons. The number of rotatable bonds is 0. The van der Waals surface area contributed by atoms with Gasteiger partial charge in [-0.15, -0.1) is 0 Å². The monoisotopic (exact) mass is 179 g/mol. The quantitative estimate of drug-likeness (QED) is 0.325. The molecular formula is HClCuO3S. The third-order valence-electron chi connectivity index (χ3n) is 0. The summed E-state index contributed by atoms with van der Waals surface area (Å²) in [5.41, 5.74) is 0. The van der Waals surface area contributed by atoms with Crippen LogP contribution in [0, 0.1) is 0 Å². The van der Waals surface area contributed by atoms with Crippen LogP contribution in [0.25, 0.3) is 0 Å². The predicted octanol–water partition coefficient (Wildman–Crippen LogP) is 0.0255. The van der Waals surface area contributed by atoms with Crippen molar-refractivity contribution in [2.75, 3.05) is 0 Å². The summed E-state index contributed by atoms with van der Waals surface area (Å²) in [5, 5.41) is 0. The summed E-state index contributed by atoms with van der Waals surface area (Å²) >= 11 is 0. The first-order chi connectivity index (χ1) is 2.00. The molecule has 0 fully saturated rings. The van der Waals surface area contributed by atoms with E-state index in [0.717, 1.165) is 0 Å². The van der Waals surface area contributed by atoms with Crippen molar-refractivity contribution >= 4 is 20.0 Å². The van der Waals surface area contributed by atoms with E-state index >= 15 is 0 Å². The summed E-state index contributed by atoms with van der Waals surface area (Å²) in [6, 6.07) is 0. The first-order valence-electron chi connectivity index (χ1n) is 0.670. The fourth-order valence-corrected chi connectivity index (χ4v) is 0. The van der Waals surface area contributed by atoms with Crippen LogP contribution in [0.3, 0.4) is 0 Å². The maximum Gasteiger partial charge on any atom is 0.353 e. The van der Waals surface area contributed by atoms with E-state index < -0.39 is 9.33 Å². The molecule has 6 heteroatoms. The molecule has 0 aromatic carbocycles. The largest absolute Gasteiger partial charge is 0.353 e. The predicted molar refractivity (Wildman–Crippen MR) is 17.4 cm³/mol. The van der Waals surface area contributed by atoms with Gasteiger partial charge in [0.05, 0.1) is 0 Å². The Kier molecular flexibility index (Phi) is 4.64. The fraction of sp³-hybridized carbons (Fsp3) is 0. The van der Waals surface area contributed by atoms with Crippen molar-refractivity contribution in [2.24, 2.45) is 0 Å². The van der Waals surface area contributed by atoms with Crippen LogP contribution in [-0.2, 0) is 26.4 Å². The van der Waals surface area contributed by atoms with Gasteiger partial charge in [0.1, 0.15) is 0 Å². The Morgan fingerprint density at radius 1 is 1.50 bits per heavy atom. The van der Waals surface area contributed by atoms with Gasteiger partial charge >= 0.3 is 9.33 Å². The zero-order valence-corrected chi connectivity index (χ0v) is 4.87. The van der Waals surface area contributed by atoms with Crippen LogP contribution in [0.4, 0.5) is 0 Å². The maximum atomic E-state index is 8.95. The topological polar surface area (TPSA) is 54.4 Å². The Hall–Kier alpha value is 0.719. The molecule has 0 unspecified atom stereocenters. The maximum absolute atomic E-state index is 8.95. The van der Waals surface area contributed by atoms with Crippen LogP contribution in [-0.4, -0.2) is 13.0 Å². The van der Waals surface area contributed by atoms with Crippen molar-refractivity contribution in [3.8, 4) is 0 Å². The van der Waals surface area contributed by atoms with E-state index in [9.17, 15) is 0 Å². The van der Waals surface area contributed by atoms with Gasteiger partial charge in [-0.1, -0.05) is 0 Å². The molecule has 0 saturated carbocycles. The molecule has 0 aliphatic heterocycles. The Labute approximate surface area is 50.4 Å². The van der Waals surface area contributed by atoms with Gasteiger partial charge in [-0.3, -0.25) is 4.55 Å². The van der Waals surface area contributed by atoms with Gasteiger partial charge in [0.25, 0.3) is 0 Å². The molecule has 0 saturated heterocycles. The second kappa shape index (κ2) is 2.82. The second-order valence-electron chi connectivity index (χ2n) is 0.412. The van der Waals surface area contributed by atoms with Crippen LogP contribution < -0.4 is 0 Å². The minimum atomic E-state index is -4.19. The van der Waals surface area contributed by atoms with Crippen LogP contribution in [0.5, 0.6) is 0 Å². The smallest absolute Gasteiger partial charge is 0.273 e. The van der Waals surface area contributed by atoms with Gasteiger partial charge in [0.15, 0.2) is 0 Å². The molecule has 0 heterocycles. The molecule has 0 aliphatic rings. The average molecular weight is 180 g/mol. The van der Waals surface area contributed by atoms with E-state index in [1.54, 1.807) is 0 Å². The third kappa shape index (κ3) is 126. The van der Waals surface area contributed by atoms with Crippen molar-refractivity contribution in [3.63, 3.8) is 0 Å². The Bertz CT molecular complexity index is 94.0. The van der Waals surface area contributed by atoms with Crippen LogP contribution in [0.2, 0.25) is 0 Å². The zero-order chi connectivity index (χ0) is 4.50. The average Bonchev–Trinajstić information content (AvgIpc) is 0.722. The number of hydrogen-bond acceptors (Lipinski definition) is 2. The summed E-state index contributed by atoms with van der Waals surface area (Å²) < 4.78 is 25.2. The first-order valence-corrected chi connectivity index (χ1v) is 2.94. The summed E-state index contributed by atoms with van der Waals surface area (Å²) in [5.74, 6) is 0. The van der Waals surface area contributed by atoms with Crippen LogP contribution in [0.1, 0.15) is 0 Å². The van der Waals surface area contributed by atoms with E-state index in [0.29, 0.717) is 0 Å². The second-order valence-corrected chi connectivity index (χ2v) is 2.41. The molecule has 6 heavy (non-hydrogen) atoms. The SMILES string of the molecule is O=S(=O)(O)Cl.[Cu]. The van der Waals surface area contributed by atoms with Crippen molar-refractivity contribution in [2.45, 2.75) is 0 Å². The summed E-state index contributed by atoms with van der Waals surface area (Å²) in [6.45, 7) is 0. The van der Waals surface area contributed by atoms with Gasteiger partial charge in [0, 0.05) is 27.8 Å². The van der Waals surface area contributed by atoms with Crippen molar-refractivity contribution in [1.82, 2.24) is 0 Å². The van der Waals surface area contributed by atoms with Crippen molar-refractivity contribution < 1.29 is 30.0 Å². The Morgan fingerprint density at radius 3 is 1.50 bits per heavy atom. The van der Waals surface area contributed by atoms with Gasteiger partial charge in [-0.05, 0) is 0 Å². The molecule has 3 nitrogen and oxygen atoms in total. The van der Waals surface area contributed by atoms with E-state index in [4.69, 9.17) is 13.0 Å². The number of hydrogen-bond donors (Lipinski definition) is 1. The van der Waals surface area contributed by atoms with Crippen LogP contribution in [0.15, 0.2) is 0 Å². The van der Waals surface area contributed by atoms with Crippen molar-refractivity contribution in [1.29, 1.82) is 0 Å². The first kappa shape index (κ1) is 9.87. The standard InChI is InChI=1S/ClHO3S.Cu/c1-5(2,3)4;/h(H,2,3,4);. The Morgan fingerprint density at radius 2 is 1.50 bits per heavy atom. The molecule has 1 N–H and O–H groups in total. The summed E-state index contributed by atoms with van der Waals surface area (Å²) in [6.07, 6.45) is 0. The molecule has 0 aromatic heterocycles. The van der Waals surface area contributed by atoms with E-state index in [-0.39, 0.29) is 17.1 Å². The normalized spacial score (nSPS) is 9.67. The summed E-state index contributed by atoms with van der Waals surface area (Å²) in [7, 11) is -0.137. The third-order valence-corrected chi connectivity index (χ3v) is 0. The van der Waals surface area contributed by atoms with Gasteiger partial charge in [-0.2, -0.15) is 8.42 Å². The molecule has 0 amide bonds. The van der Waals surface area contributed by atoms with E-state index in [2.05, 4.69) is 10.7 Å². The molecule has 0 atom stereocenters. The summed E-state index contributed by atoms with van der Waals surface area (Å²) in [4.78, 5) is 0. The molecule has 0 aliphatic carbocycles. The van der Waals surface area contributed by atoms with Gasteiger partial charge in [-0.25, -0.2) is 0 Å². The Balaban J connectivity index is 0. The molecule has 0 rings (SSSR count). The molecule has 0 spiro atoms. The van der Waals surface area contributed by atoms with E-state index in [1.165, 1.54) is 0 Å². The van der Waals surface area contributed by atoms with Crippen molar-refractivity contribution in [3.05, 3.63) is 0 Å². The van der Waals surface area contributed by atoms with Gasteiger partial charge < -0.3 is 0 Å². The minimum absolute atomic E-state index is 0.